The van der Waals surface area contributed by atoms with E-state index in [9.17, 15) is 8.42 Å². The third-order valence-electron chi connectivity index (χ3n) is 3.63. The van der Waals surface area contributed by atoms with Crippen molar-refractivity contribution < 1.29 is 12.9 Å². The van der Waals surface area contributed by atoms with Gasteiger partial charge in [0.05, 0.1) is 15.9 Å². The summed E-state index contributed by atoms with van der Waals surface area (Å²) in [5.74, 6) is 1.24. The van der Waals surface area contributed by atoms with E-state index in [0.29, 0.717) is 17.5 Å². The monoisotopic (exact) mass is 374 g/mol. The molecule has 4 aromatic rings. The van der Waals surface area contributed by atoms with Crippen molar-refractivity contribution in [3.63, 3.8) is 0 Å². The minimum Gasteiger partial charge on any atom is -0.337 e. The summed E-state index contributed by atoms with van der Waals surface area (Å²) < 4.78 is 30.6. The van der Waals surface area contributed by atoms with E-state index in [1.165, 1.54) is 17.6 Å². The second-order valence-electron chi connectivity index (χ2n) is 5.66. The van der Waals surface area contributed by atoms with Gasteiger partial charge in [-0.3, -0.25) is 0 Å². The maximum absolute atomic E-state index is 11.7. The van der Waals surface area contributed by atoms with Crippen LogP contribution in [0.25, 0.3) is 21.7 Å². The molecule has 128 valence electrons. The number of hydrogen-bond donors (Lipinski definition) is 0. The van der Waals surface area contributed by atoms with Crippen molar-refractivity contribution in [1.29, 1.82) is 0 Å². The van der Waals surface area contributed by atoms with Gasteiger partial charge >= 0.3 is 0 Å². The molecule has 0 radical (unpaired) electrons. The van der Waals surface area contributed by atoms with Crippen molar-refractivity contribution in [2.75, 3.05) is 6.26 Å². The Morgan fingerprint density at radius 3 is 2.76 bits per heavy atom. The molecule has 0 aliphatic heterocycles. The lowest BCUT2D eigenvalue weighted by Crippen LogP contribution is -2.10. The van der Waals surface area contributed by atoms with Gasteiger partial charge in [0.1, 0.15) is 18.1 Å². The summed E-state index contributed by atoms with van der Waals surface area (Å²) in [4.78, 5) is 9.77. The first kappa shape index (κ1) is 16.0. The standard InChI is InChI=1S/C16H14N4O3S2/c1-25(21,22)10-14-17-11-5-2-3-6-12(11)20(14)9-15-18-16(19-23-15)13-7-4-8-24-13/h2-8H,9-10H2,1H3. The lowest BCUT2D eigenvalue weighted by molar-refractivity contribution is 0.371. The van der Waals surface area contributed by atoms with E-state index in [2.05, 4.69) is 15.1 Å². The fourth-order valence-corrected chi connectivity index (χ4v) is 3.95. The van der Waals surface area contributed by atoms with Crippen LogP contribution < -0.4 is 0 Å². The molecule has 3 heterocycles. The zero-order valence-electron chi connectivity index (χ0n) is 13.3. The highest BCUT2D eigenvalue weighted by Crippen LogP contribution is 2.23. The van der Waals surface area contributed by atoms with E-state index in [1.807, 2.05) is 46.3 Å². The molecular weight excluding hydrogens is 360 g/mol. The number of aromatic nitrogens is 4. The van der Waals surface area contributed by atoms with E-state index >= 15 is 0 Å². The van der Waals surface area contributed by atoms with E-state index in [1.54, 1.807) is 0 Å². The first-order valence-corrected chi connectivity index (χ1v) is 10.4. The molecule has 0 amide bonds. The highest BCUT2D eigenvalue weighted by molar-refractivity contribution is 7.89. The van der Waals surface area contributed by atoms with Crippen LogP contribution >= 0.6 is 11.3 Å². The van der Waals surface area contributed by atoms with E-state index in [-0.39, 0.29) is 12.3 Å². The molecular formula is C16H14N4O3S2. The van der Waals surface area contributed by atoms with E-state index in [0.717, 1.165) is 15.9 Å². The van der Waals surface area contributed by atoms with Gasteiger partial charge in [0.15, 0.2) is 9.84 Å². The summed E-state index contributed by atoms with van der Waals surface area (Å²) in [7, 11) is -3.22. The van der Waals surface area contributed by atoms with Gasteiger partial charge in [-0.1, -0.05) is 23.4 Å². The third kappa shape index (κ3) is 3.33. The zero-order valence-corrected chi connectivity index (χ0v) is 14.9. The topological polar surface area (TPSA) is 90.9 Å². The number of thiophene rings is 1. The summed E-state index contributed by atoms with van der Waals surface area (Å²) >= 11 is 1.53. The first-order valence-electron chi connectivity index (χ1n) is 7.48. The summed E-state index contributed by atoms with van der Waals surface area (Å²) in [6, 6.07) is 11.3. The van der Waals surface area contributed by atoms with Gasteiger partial charge in [-0.15, -0.1) is 11.3 Å². The van der Waals surface area contributed by atoms with Gasteiger partial charge in [-0.25, -0.2) is 13.4 Å². The number of hydrogen-bond acceptors (Lipinski definition) is 7. The number of rotatable bonds is 5. The molecule has 1 aromatic carbocycles. The number of imidazole rings is 1. The third-order valence-corrected chi connectivity index (χ3v) is 5.28. The molecule has 0 unspecified atom stereocenters. The van der Waals surface area contributed by atoms with Crippen LogP contribution in [0.2, 0.25) is 0 Å². The number of nitrogens with zero attached hydrogens (tertiary/aromatic N) is 4. The molecule has 0 saturated carbocycles. The van der Waals surface area contributed by atoms with Crippen molar-refractivity contribution in [3.8, 4) is 10.7 Å². The highest BCUT2D eigenvalue weighted by Gasteiger charge is 2.18. The van der Waals surface area contributed by atoms with Crippen LogP contribution in [0.1, 0.15) is 11.7 Å². The van der Waals surface area contributed by atoms with E-state index < -0.39 is 9.84 Å². The molecule has 0 aliphatic carbocycles. The molecule has 0 saturated heterocycles. The Morgan fingerprint density at radius 1 is 1.16 bits per heavy atom. The molecule has 25 heavy (non-hydrogen) atoms. The zero-order chi connectivity index (χ0) is 17.4. The molecule has 0 atom stereocenters. The average Bonchev–Trinajstić information content (AvgIpc) is 3.27. The summed E-state index contributed by atoms with van der Waals surface area (Å²) in [5, 5.41) is 5.94. The maximum Gasteiger partial charge on any atom is 0.246 e. The summed E-state index contributed by atoms with van der Waals surface area (Å²) in [6.07, 6.45) is 1.19. The van der Waals surface area contributed by atoms with Crippen molar-refractivity contribution in [2.24, 2.45) is 0 Å². The van der Waals surface area contributed by atoms with Crippen LogP contribution in [0, 0.1) is 0 Å². The van der Waals surface area contributed by atoms with Crippen molar-refractivity contribution in [3.05, 3.63) is 53.5 Å². The normalized spacial score (nSPS) is 12.0. The fraction of sp³-hybridized carbons (Fsp3) is 0.188. The Labute approximate surface area is 147 Å². The largest absolute Gasteiger partial charge is 0.337 e. The van der Waals surface area contributed by atoms with Crippen LogP contribution in [0.3, 0.4) is 0 Å². The van der Waals surface area contributed by atoms with Gasteiger partial charge < -0.3 is 9.09 Å². The number of sulfone groups is 1. The second kappa shape index (κ2) is 6.08. The van der Waals surface area contributed by atoms with Gasteiger partial charge in [0.25, 0.3) is 0 Å². The Bertz CT molecular complexity index is 1130. The van der Waals surface area contributed by atoms with Crippen LogP contribution in [0.15, 0.2) is 46.3 Å². The van der Waals surface area contributed by atoms with Gasteiger partial charge in [0.2, 0.25) is 11.7 Å². The van der Waals surface area contributed by atoms with Crippen LogP contribution in [0.4, 0.5) is 0 Å². The summed E-state index contributed by atoms with van der Waals surface area (Å²) in [6.45, 7) is 0.268. The Morgan fingerprint density at radius 2 is 2.00 bits per heavy atom. The molecule has 3 aromatic heterocycles. The van der Waals surface area contributed by atoms with Gasteiger partial charge in [-0.2, -0.15) is 4.98 Å². The van der Waals surface area contributed by atoms with Gasteiger partial charge in [0, 0.05) is 6.26 Å². The molecule has 0 bridgehead atoms. The Hall–Kier alpha value is -2.52. The van der Waals surface area contributed by atoms with Crippen molar-refractivity contribution >= 4 is 32.2 Å². The van der Waals surface area contributed by atoms with Crippen LogP contribution in [0.5, 0.6) is 0 Å². The van der Waals surface area contributed by atoms with Crippen molar-refractivity contribution in [2.45, 2.75) is 12.3 Å². The Kier molecular flexibility index (Phi) is 3.89. The maximum atomic E-state index is 11.7. The predicted molar refractivity (Wildman–Crippen MR) is 95.0 cm³/mol. The lowest BCUT2D eigenvalue weighted by atomic mass is 10.3. The molecule has 7 nitrogen and oxygen atoms in total. The molecule has 0 spiro atoms. The molecule has 4 rings (SSSR count). The molecule has 9 heteroatoms. The predicted octanol–water partition coefficient (Wildman–Crippen LogP) is 2.74. The minimum absolute atomic E-state index is 0.145. The van der Waals surface area contributed by atoms with Crippen molar-refractivity contribution in [1.82, 2.24) is 19.7 Å². The fourth-order valence-electron chi connectivity index (χ4n) is 2.61. The SMILES string of the molecule is CS(=O)(=O)Cc1nc2ccccc2n1Cc1nc(-c2cccs2)no1. The van der Waals surface area contributed by atoms with Gasteiger partial charge in [-0.05, 0) is 23.6 Å². The quantitative estimate of drug-likeness (QED) is 0.533. The van der Waals surface area contributed by atoms with Crippen LogP contribution in [-0.4, -0.2) is 34.4 Å². The lowest BCUT2D eigenvalue weighted by Gasteiger charge is -2.05. The average molecular weight is 374 g/mol. The highest BCUT2D eigenvalue weighted by atomic mass is 32.2. The molecule has 0 aliphatic rings. The number of benzene rings is 1. The molecule has 0 N–H and O–H groups in total. The first-order chi connectivity index (χ1) is 12.0. The number of para-hydroxylation sites is 2. The molecule has 0 fully saturated rings. The summed E-state index contributed by atoms with van der Waals surface area (Å²) in [5.41, 5.74) is 1.57. The van der Waals surface area contributed by atoms with Crippen LogP contribution in [-0.2, 0) is 22.1 Å². The number of fused-ring (bicyclic) bond motifs is 1. The van der Waals surface area contributed by atoms with E-state index in [4.69, 9.17) is 4.52 Å². The minimum atomic E-state index is -3.22. The Balaban J connectivity index is 1.74. The second-order valence-corrected chi connectivity index (χ2v) is 8.75. The smallest absolute Gasteiger partial charge is 0.246 e.